The molecule has 8 rings (SSSR count). The summed E-state index contributed by atoms with van der Waals surface area (Å²) in [6.45, 7) is 0. The third-order valence-corrected chi connectivity index (χ3v) is 9.22. The maximum atomic E-state index is 14.9. The Bertz CT molecular complexity index is 2320. The maximum Gasteiger partial charge on any atom is 0.420 e. The molecule has 8 bridgehead atoms. The number of hydrogen-bond donors (Lipinski definition) is 2. The van der Waals surface area contributed by atoms with Crippen LogP contribution in [0.2, 0.25) is 0 Å². The van der Waals surface area contributed by atoms with Gasteiger partial charge in [0.05, 0.1) is 38.7 Å². The third-order valence-electron chi connectivity index (χ3n) is 8.08. The number of fused-ring (bicyclic) bond motifs is 8. The van der Waals surface area contributed by atoms with E-state index in [0.717, 1.165) is 37.6 Å². The Balaban J connectivity index is 1.55. The van der Waals surface area contributed by atoms with E-state index in [9.17, 15) is 13.2 Å². The molecule has 2 aliphatic heterocycles. The van der Waals surface area contributed by atoms with Crippen LogP contribution in [0.5, 0.6) is 0 Å². The lowest BCUT2D eigenvalue weighted by Crippen LogP contribution is -2.08. The van der Waals surface area contributed by atoms with Gasteiger partial charge in [0.1, 0.15) is 5.56 Å². The first-order valence-electron chi connectivity index (χ1n) is 15.0. The van der Waals surface area contributed by atoms with Crippen LogP contribution in [0.25, 0.3) is 68.6 Å². The van der Waals surface area contributed by atoms with Gasteiger partial charge >= 0.3 is 6.18 Å². The van der Waals surface area contributed by atoms with E-state index in [0.29, 0.717) is 28.0 Å². The largest absolute Gasteiger partial charge is 0.420 e. The second-order valence-corrected chi connectivity index (χ2v) is 12.2. The molecule has 3 aromatic carbocycles. The van der Waals surface area contributed by atoms with Gasteiger partial charge in [0, 0.05) is 27.1 Å². The van der Waals surface area contributed by atoms with Gasteiger partial charge in [-0.05, 0) is 71.8 Å². The number of hydrogen-bond acceptors (Lipinski definition) is 3. The van der Waals surface area contributed by atoms with Gasteiger partial charge in [-0.25, -0.2) is 9.97 Å². The molecule has 6 aromatic rings. The summed E-state index contributed by atoms with van der Waals surface area (Å²) in [4.78, 5) is 18.4. The summed E-state index contributed by atoms with van der Waals surface area (Å²) in [5, 5.41) is 0. The lowest BCUT2D eigenvalue weighted by Gasteiger charge is -2.08. The summed E-state index contributed by atoms with van der Waals surface area (Å²) >= 11 is 1.60. The van der Waals surface area contributed by atoms with Crippen LogP contribution in [0, 0.1) is 0 Å². The minimum Gasteiger partial charge on any atom is -0.354 e. The predicted octanol–water partition coefficient (Wildman–Crippen LogP) is 11.2. The Kier molecular flexibility index (Phi) is 7.14. The van der Waals surface area contributed by atoms with E-state index in [1.165, 1.54) is 12.1 Å². The molecule has 0 fully saturated rings. The Morgan fingerprint density at radius 3 is 1.49 bits per heavy atom. The van der Waals surface area contributed by atoms with Crippen molar-refractivity contribution in [3.05, 3.63) is 144 Å². The van der Waals surface area contributed by atoms with Gasteiger partial charge in [-0.2, -0.15) is 13.2 Å². The Hall–Kier alpha value is -5.60. The summed E-state index contributed by atoms with van der Waals surface area (Å²) in [6.07, 6.45) is 2.31. The summed E-state index contributed by atoms with van der Waals surface area (Å²) in [6, 6.07) is 36.3. The highest BCUT2D eigenvalue weighted by Crippen LogP contribution is 2.40. The third kappa shape index (κ3) is 5.47. The van der Waals surface area contributed by atoms with Crippen LogP contribution in [-0.4, -0.2) is 19.9 Å². The summed E-state index contributed by atoms with van der Waals surface area (Å²) in [5.74, 6) is 0. The van der Waals surface area contributed by atoms with Gasteiger partial charge < -0.3 is 9.97 Å². The first-order chi connectivity index (χ1) is 22.9. The number of H-pyrrole nitrogens is 2. The van der Waals surface area contributed by atoms with Crippen molar-refractivity contribution in [1.29, 1.82) is 0 Å². The van der Waals surface area contributed by atoms with E-state index >= 15 is 0 Å². The Labute approximate surface area is 272 Å². The van der Waals surface area contributed by atoms with E-state index in [2.05, 4.69) is 27.1 Å². The first-order valence-corrected chi connectivity index (χ1v) is 15.8. The number of aromatic nitrogens is 4. The first kappa shape index (κ1) is 28.8. The number of benzene rings is 3. The van der Waals surface area contributed by atoms with Crippen LogP contribution >= 0.6 is 11.8 Å². The SMILES string of the molecule is FC(F)(F)c1c2nc(c(-c3ccccc3)c3ccc([nH]3)c(Sc3ccccc3)c3nc(c(-c4ccccc4)c4ccc1[nH]4)C=C3)C=C2. The predicted molar refractivity (Wildman–Crippen MR) is 185 cm³/mol. The second kappa shape index (κ2) is 11.6. The van der Waals surface area contributed by atoms with Crippen LogP contribution in [-0.2, 0) is 6.18 Å². The molecule has 0 amide bonds. The molecule has 3 aromatic heterocycles. The molecular weight excluding hydrogens is 614 g/mol. The van der Waals surface area contributed by atoms with Crippen molar-refractivity contribution >= 4 is 58.1 Å². The van der Waals surface area contributed by atoms with Gasteiger partial charge in [0.15, 0.2) is 0 Å². The van der Waals surface area contributed by atoms with Crippen molar-refractivity contribution in [2.75, 3.05) is 0 Å². The number of alkyl halides is 3. The zero-order chi connectivity index (χ0) is 32.0. The van der Waals surface area contributed by atoms with Crippen LogP contribution in [0.3, 0.4) is 0 Å². The molecule has 0 spiro atoms. The normalized spacial score (nSPS) is 12.5. The second-order valence-electron chi connectivity index (χ2n) is 11.1. The van der Waals surface area contributed by atoms with E-state index < -0.39 is 11.7 Å². The summed E-state index contributed by atoms with van der Waals surface area (Å²) in [7, 11) is 0. The molecule has 0 atom stereocenters. The van der Waals surface area contributed by atoms with Gasteiger partial charge in [-0.3, -0.25) is 0 Å². The zero-order valence-electron chi connectivity index (χ0n) is 24.7. The molecule has 47 heavy (non-hydrogen) atoms. The molecule has 0 unspecified atom stereocenters. The Morgan fingerprint density at radius 2 is 0.915 bits per heavy atom. The zero-order valence-corrected chi connectivity index (χ0v) is 25.5. The van der Waals surface area contributed by atoms with Crippen LogP contribution < -0.4 is 0 Å². The van der Waals surface area contributed by atoms with Gasteiger partial charge in [0.2, 0.25) is 0 Å². The van der Waals surface area contributed by atoms with Crippen molar-refractivity contribution < 1.29 is 13.2 Å². The molecule has 4 nitrogen and oxygen atoms in total. The average Bonchev–Trinajstić information content (AvgIpc) is 3.91. The van der Waals surface area contributed by atoms with E-state index in [-0.39, 0.29) is 11.2 Å². The van der Waals surface area contributed by atoms with Crippen molar-refractivity contribution in [3.8, 4) is 22.3 Å². The monoisotopic (exact) mass is 638 g/mol. The number of aromatic amines is 2. The standard InChI is InChI=1S/C39H25F3N4S/c40-39(41,42)37-31-20-16-27(43-31)35(24-10-4-1-5-11-24)29-18-22-33(45-29)38(47-26-14-8-3-9-15-26)34-23-19-30(46-34)36(25-12-6-2-7-13-25)28-17-21-32(37)44-28/h1-23,43,46H. The average molecular weight is 639 g/mol. The van der Waals surface area contributed by atoms with Crippen molar-refractivity contribution in [2.45, 2.75) is 16.0 Å². The molecule has 0 aliphatic carbocycles. The maximum absolute atomic E-state index is 14.9. The lowest BCUT2D eigenvalue weighted by atomic mass is 10.0. The van der Waals surface area contributed by atoms with Crippen molar-refractivity contribution in [1.82, 2.24) is 19.9 Å². The van der Waals surface area contributed by atoms with E-state index in [4.69, 9.17) is 4.98 Å². The minimum absolute atomic E-state index is 0.0697. The summed E-state index contributed by atoms with van der Waals surface area (Å²) < 4.78 is 44.6. The fourth-order valence-corrected chi connectivity index (χ4v) is 6.98. The van der Waals surface area contributed by atoms with Crippen molar-refractivity contribution in [2.24, 2.45) is 0 Å². The summed E-state index contributed by atoms with van der Waals surface area (Å²) in [5.41, 5.74) is 5.89. The molecule has 8 heteroatoms. The van der Waals surface area contributed by atoms with Gasteiger partial charge in [-0.1, -0.05) is 90.6 Å². The smallest absolute Gasteiger partial charge is 0.354 e. The van der Waals surface area contributed by atoms with Gasteiger partial charge in [-0.15, -0.1) is 0 Å². The van der Waals surface area contributed by atoms with Crippen LogP contribution in [0.15, 0.2) is 125 Å². The molecule has 2 N–H and O–H groups in total. The molecule has 5 heterocycles. The number of halogens is 3. The van der Waals surface area contributed by atoms with Crippen molar-refractivity contribution in [3.63, 3.8) is 0 Å². The minimum atomic E-state index is -4.67. The molecule has 0 radical (unpaired) electrons. The molecule has 228 valence electrons. The molecule has 0 saturated carbocycles. The quantitative estimate of drug-likeness (QED) is 0.202. The van der Waals surface area contributed by atoms with E-state index in [1.807, 2.05) is 103 Å². The number of rotatable bonds is 4. The Morgan fingerprint density at radius 1 is 0.468 bits per heavy atom. The fourth-order valence-electron chi connectivity index (χ4n) is 6.01. The fraction of sp³-hybridized carbons (Fsp3) is 0.0256. The highest BCUT2D eigenvalue weighted by molar-refractivity contribution is 7.99. The lowest BCUT2D eigenvalue weighted by molar-refractivity contribution is -0.136. The van der Waals surface area contributed by atoms with Gasteiger partial charge in [0.25, 0.3) is 0 Å². The van der Waals surface area contributed by atoms with E-state index in [1.54, 1.807) is 23.9 Å². The molecular formula is C39H25F3N4S. The highest BCUT2D eigenvalue weighted by atomic mass is 32.2. The molecule has 2 aliphatic rings. The highest BCUT2D eigenvalue weighted by Gasteiger charge is 2.36. The van der Waals surface area contributed by atoms with Crippen LogP contribution in [0.1, 0.15) is 28.3 Å². The number of nitrogens with zero attached hydrogens (tertiary/aromatic N) is 2. The number of nitrogens with one attached hydrogen (secondary N) is 2. The molecule has 0 saturated heterocycles. The topological polar surface area (TPSA) is 57.4 Å². The van der Waals surface area contributed by atoms with Crippen LogP contribution in [0.4, 0.5) is 13.2 Å².